The van der Waals surface area contributed by atoms with Crippen molar-refractivity contribution in [2.24, 2.45) is 0 Å². The zero-order valence-corrected chi connectivity index (χ0v) is 13.9. The molecular weight excluding hydrogens is 268 g/mol. The Kier molecular flexibility index (Phi) is 6.46. The van der Waals surface area contributed by atoms with Crippen LogP contribution in [0.4, 0.5) is 0 Å². The van der Waals surface area contributed by atoms with E-state index in [0.717, 1.165) is 13.2 Å². The van der Waals surface area contributed by atoms with E-state index in [1.165, 1.54) is 54.1 Å². The van der Waals surface area contributed by atoms with E-state index < -0.39 is 0 Å². The third-order valence-electron chi connectivity index (χ3n) is 3.94. The number of aryl methyl sites for hydroxylation is 2. The Labute approximate surface area is 127 Å². The Morgan fingerprint density at radius 3 is 2.90 bits per heavy atom. The molecule has 0 aliphatic carbocycles. The summed E-state index contributed by atoms with van der Waals surface area (Å²) in [6, 6.07) is 0.475. The van der Waals surface area contributed by atoms with Crippen LogP contribution in [-0.4, -0.2) is 24.2 Å². The van der Waals surface area contributed by atoms with Gasteiger partial charge in [0, 0.05) is 17.5 Å². The van der Waals surface area contributed by atoms with Gasteiger partial charge in [0.1, 0.15) is 0 Å². The first-order valence-corrected chi connectivity index (χ1v) is 8.81. The van der Waals surface area contributed by atoms with Crippen molar-refractivity contribution in [1.29, 1.82) is 0 Å². The van der Waals surface area contributed by atoms with Crippen LogP contribution >= 0.6 is 11.3 Å². The zero-order chi connectivity index (χ0) is 14.4. The summed E-state index contributed by atoms with van der Waals surface area (Å²) in [6.07, 6.45) is 7.85. The van der Waals surface area contributed by atoms with Gasteiger partial charge in [-0.25, -0.2) is 4.98 Å². The van der Waals surface area contributed by atoms with Gasteiger partial charge in [-0.1, -0.05) is 6.92 Å². The van der Waals surface area contributed by atoms with E-state index in [1.807, 2.05) is 11.3 Å². The first-order valence-electron chi connectivity index (χ1n) is 7.99. The number of aromatic nitrogens is 1. The van der Waals surface area contributed by atoms with E-state index in [4.69, 9.17) is 4.74 Å². The third kappa shape index (κ3) is 4.54. The van der Waals surface area contributed by atoms with E-state index >= 15 is 0 Å². The lowest BCUT2D eigenvalue weighted by molar-refractivity contribution is 0.101. The summed E-state index contributed by atoms with van der Waals surface area (Å²) in [6.45, 7) is 8.52. The molecule has 1 aromatic rings. The molecule has 1 aromatic heterocycles. The number of thiazole rings is 1. The molecule has 1 N–H and O–H groups in total. The van der Waals surface area contributed by atoms with Gasteiger partial charge in [-0.05, 0) is 58.9 Å². The Bertz CT molecular complexity index is 399. The summed E-state index contributed by atoms with van der Waals surface area (Å²) in [5, 5.41) is 4.88. The minimum absolute atomic E-state index is 0.475. The fourth-order valence-corrected chi connectivity index (χ4v) is 3.97. The molecule has 20 heavy (non-hydrogen) atoms. The number of ether oxygens (including phenoxy) is 1. The van der Waals surface area contributed by atoms with Crippen LogP contribution in [0, 0.1) is 13.8 Å². The molecule has 0 aromatic carbocycles. The monoisotopic (exact) mass is 296 g/mol. The van der Waals surface area contributed by atoms with E-state index in [9.17, 15) is 0 Å². The summed E-state index contributed by atoms with van der Waals surface area (Å²) in [4.78, 5) is 6.01. The Morgan fingerprint density at radius 1 is 1.45 bits per heavy atom. The van der Waals surface area contributed by atoms with Crippen LogP contribution in [0.1, 0.15) is 67.1 Å². The molecule has 0 amide bonds. The molecule has 1 aliphatic heterocycles. The molecule has 0 bridgehead atoms. The van der Waals surface area contributed by atoms with Gasteiger partial charge < -0.3 is 10.1 Å². The molecule has 2 heterocycles. The van der Waals surface area contributed by atoms with E-state index in [2.05, 4.69) is 31.1 Å². The lowest BCUT2D eigenvalue weighted by Gasteiger charge is -2.18. The number of hydrogen-bond donors (Lipinski definition) is 1. The molecule has 4 heteroatoms. The maximum atomic E-state index is 5.72. The van der Waals surface area contributed by atoms with Gasteiger partial charge in [-0.15, -0.1) is 11.3 Å². The van der Waals surface area contributed by atoms with Gasteiger partial charge in [0.05, 0.1) is 16.8 Å². The van der Waals surface area contributed by atoms with Crippen LogP contribution in [0.2, 0.25) is 0 Å². The molecule has 114 valence electrons. The number of hydrogen-bond acceptors (Lipinski definition) is 4. The highest BCUT2D eigenvalue weighted by atomic mass is 32.1. The quantitative estimate of drug-likeness (QED) is 0.782. The van der Waals surface area contributed by atoms with Gasteiger partial charge >= 0.3 is 0 Å². The molecule has 2 rings (SSSR count). The highest BCUT2D eigenvalue weighted by Crippen LogP contribution is 2.29. The molecule has 0 spiro atoms. The van der Waals surface area contributed by atoms with Crippen LogP contribution in [-0.2, 0) is 4.74 Å². The van der Waals surface area contributed by atoms with Gasteiger partial charge in [0.2, 0.25) is 0 Å². The maximum absolute atomic E-state index is 5.72. The highest BCUT2D eigenvalue weighted by molar-refractivity contribution is 7.11. The molecule has 2 atom stereocenters. The topological polar surface area (TPSA) is 34.1 Å². The van der Waals surface area contributed by atoms with Crippen LogP contribution in [0.3, 0.4) is 0 Å². The normalized spacial score (nSPS) is 20.4. The summed E-state index contributed by atoms with van der Waals surface area (Å²) in [5.74, 6) is 0. The van der Waals surface area contributed by atoms with Gasteiger partial charge in [-0.2, -0.15) is 0 Å². The van der Waals surface area contributed by atoms with E-state index in [0.29, 0.717) is 12.1 Å². The summed E-state index contributed by atoms with van der Waals surface area (Å²) in [5.41, 5.74) is 1.21. The summed E-state index contributed by atoms with van der Waals surface area (Å²) >= 11 is 1.85. The Morgan fingerprint density at radius 2 is 2.30 bits per heavy atom. The molecule has 2 unspecified atom stereocenters. The lowest BCUT2D eigenvalue weighted by Crippen LogP contribution is -2.22. The summed E-state index contributed by atoms with van der Waals surface area (Å²) in [7, 11) is 0. The number of nitrogens with zero attached hydrogens (tertiary/aromatic N) is 1. The van der Waals surface area contributed by atoms with Crippen LogP contribution in [0.15, 0.2) is 0 Å². The van der Waals surface area contributed by atoms with Crippen LogP contribution in [0.5, 0.6) is 0 Å². The molecular formula is C16H28N2OS. The van der Waals surface area contributed by atoms with Crippen LogP contribution in [0.25, 0.3) is 0 Å². The third-order valence-corrected chi connectivity index (χ3v) is 5.13. The molecule has 3 nitrogen and oxygen atoms in total. The fraction of sp³-hybridized carbons (Fsp3) is 0.812. The second-order valence-electron chi connectivity index (χ2n) is 5.76. The van der Waals surface area contributed by atoms with Crippen molar-refractivity contribution >= 4 is 11.3 Å². The minimum Gasteiger partial charge on any atom is -0.378 e. The van der Waals surface area contributed by atoms with E-state index in [1.54, 1.807) is 0 Å². The SMILES string of the molecule is CCCNC(CCCC1CCCO1)c1sc(C)nc1C. The minimum atomic E-state index is 0.475. The Balaban J connectivity index is 1.87. The predicted octanol–water partition coefficient (Wildman–Crippen LogP) is 4.15. The number of rotatable bonds is 8. The van der Waals surface area contributed by atoms with Crippen molar-refractivity contribution in [3.63, 3.8) is 0 Å². The van der Waals surface area contributed by atoms with Gasteiger partial charge in [0.15, 0.2) is 0 Å². The second kappa shape index (κ2) is 8.11. The van der Waals surface area contributed by atoms with E-state index in [-0.39, 0.29) is 0 Å². The highest BCUT2D eigenvalue weighted by Gasteiger charge is 2.19. The molecule has 0 radical (unpaired) electrons. The van der Waals surface area contributed by atoms with Gasteiger partial charge in [-0.3, -0.25) is 0 Å². The summed E-state index contributed by atoms with van der Waals surface area (Å²) < 4.78 is 5.72. The second-order valence-corrected chi connectivity index (χ2v) is 6.99. The largest absolute Gasteiger partial charge is 0.378 e. The van der Waals surface area contributed by atoms with Crippen molar-refractivity contribution in [3.05, 3.63) is 15.6 Å². The zero-order valence-electron chi connectivity index (χ0n) is 13.1. The fourth-order valence-electron chi connectivity index (χ4n) is 2.94. The maximum Gasteiger partial charge on any atom is 0.0900 e. The van der Waals surface area contributed by atoms with Crippen molar-refractivity contribution in [2.75, 3.05) is 13.2 Å². The lowest BCUT2D eigenvalue weighted by atomic mass is 10.0. The Hall–Kier alpha value is -0.450. The average molecular weight is 296 g/mol. The van der Waals surface area contributed by atoms with Crippen molar-refractivity contribution in [3.8, 4) is 0 Å². The first kappa shape index (κ1) is 15.9. The number of nitrogens with one attached hydrogen (secondary N) is 1. The predicted molar refractivity (Wildman–Crippen MR) is 85.4 cm³/mol. The first-order chi connectivity index (χ1) is 9.70. The molecule has 1 aliphatic rings. The van der Waals surface area contributed by atoms with Crippen molar-refractivity contribution < 1.29 is 4.74 Å². The van der Waals surface area contributed by atoms with Crippen LogP contribution < -0.4 is 5.32 Å². The average Bonchev–Trinajstić information content (AvgIpc) is 3.03. The molecule has 0 saturated carbocycles. The van der Waals surface area contributed by atoms with Crippen molar-refractivity contribution in [1.82, 2.24) is 10.3 Å². The van der Waals surface area contributed by atoms with Gasteiger partial charge in [0.25, 0.3) is 0 Å². The molecule has 1 saturated heterocycles. The van der Waals surface area contributed by atoms with Crippen molar-refractivity contribution in [2.45, 2.75) is 71.4 Å². The smallest absolute Gasteiger partial charge is 0.0900 e. The standard InChI is InChI=1S/C16H28N2OS/c1-4-10-17-15(16-12(2)18-13(3)20-16)9-5-7-14-8-6-11-19-14/h14-15,17H,4-11H2,1-3H3. The molecule has 1 fully saturated rings.